The predicted molar refractivity (Wildman–Crippen MR) is 69.4 cm³/mol. The van der Waals surface area contributed by atoms with Gasteiger partial charge in [0.25, 0.3) is 0 Å². The summed E-state index contributed by atoms with van der Waals surface area (Å²) in [7, 11) is 0. The van der Waals surface area contributed by atoms with Crippen LogP contribution < -0.4 is 5.73 Å². The van der Waals surface area contributed by atoms with Crippen molar-refractivity contribution < 1.29 is 0 Å². The molecule has 2 nitrogen and oxygen atoms in total. The Kier molecular flexibility index (Phi) is 3.33. The lowest BCUT2D eigenvalue weighted by molar-refractivity contribution is 0.0286. The molecule has 0 spiro atoms. The van der Waals surface area contributed by atoms with Gasteiger partial charge in [0.05, 0.1) is 0 Å². The second-order valence-electron chi connectivity index (χ2n) is 6.48. The monoisotopic (exact) mass is 224 g/mol. The van der Waals surface area contributed by atoms with Gasteiger partial charge in [-0.1, -0.05) is 33.6 Å². The lowest BCUT2D eigenvalue weighted by Crippen LogP contribution is -2.59. The summed E-state index contributed by atoms with van der Waals surface area (Å²) in [6.45, 7) is 10.6. The molecule has 0 aromatic carbocycles. The van der Waals surface area contributed by atoms with Gasteiger partial charge in [-0.15, -0.1) is 0 Å². The van der Waals surface area contributed by atoms with Crippen LogP contribution in [0, 0.1) is 11.3 Å². The SMILES string of the molecule is CCC1CCN(C2(CN)CCCC2(C)C)C1. The Balaban J connectivity index is 2.16. The maximum absolute atomic E-state index is 6.17. The molecule has 16 heavy (non-hydrogen) atoms. The predicted octanol–water partition coefficient (Wildman–Crippen LogP) is 2.63. The van der Waals surface area contributed by atoms with Crippen LogP contribution in [0.4, 0.5) is 0 Å². The van der Waals surface area contributed by atoms with Crippen LogP contribution in [0.25, 0.3) is 0 Å². The van der Waals surface area contributed by atoms with Crippen LogP contribution in [-0.4, -0.2) is 30.1 Å². The molecule has 2 rings (SSSR count). The summed E-state index contributed by atoms with van der Waals surface area (Å²) in [5.74, 6) is 0.917. The Morgan fingerprint density at radius 1 is 1.31 bits per heavy atom. The van der Waals surface area contributed by atoms with E-state index in [9.17, 15) is 0 Å². The van der Waals surface area contributed by atoms with Gasteiger partial charge in [-0.05, 0) is 37.1 Å². The van der Waals surface area contributed by atoms with Gasteiger partial charge in [-0.25, -0.2) is 0 Å². The minimum atomic E-state index is 0.302. The molecule has 0 aromatic heterocycles. The van der Waals surface area contributed by atoms with E-state index >= 15 is 0 Å². The lowest BCUT2D eigenvalue weighted by atomic mass is 9.73. The molecule has 1 heterocycles. The van der Waals surface area contributed by atoms with Crippen LogP contribution in [0.3, 0.4) is 0 Å². The zero-order valence-corrected chi connectivity index (χ0v) is 11.3. The molecule has 2 fully saturated rings. The standard InChI is InChI=1S/C14H28N2/c1-4-12-6-9-16(10-12)14(11-15)8-5-7-13(14,2)3/h12H,4-11,15H2,1-3H3. The second-order valence-corrected chi connectivity index (χ2v) is 6.48. The Morgan fingerprint density at radius 2 is 2.06 bits per heavy atom. The number of rotatable bonds is 3. The first-order chi connectivity index (χ1) is 7.55. The number of hydrogen-bond donors (Lipinski definition) is 1. The molecule has 2 N–H and O–H groups in total. The minimum absolute atomic E-state index is 0.302. The van der Waals surface area contributed by atoms with E-state index in [1.807, 2.05) is 0 Å². The zero-order chi connectivity index (χ0) is 11.8. The summed E-state index contributed by atoms with van der Waals surface area (Å²) in [5, 5.41) is 0. The Labute approximate surface area is 101 Å². The van der Waals surface area contributed by atoms with E-state index in [2.05, 4.69) is 25.7 Å². The van der Waals surface area contributed by atoms with Gasteiger partial charge in [0, 0.05) is 18.6 Å². The highest BCUT2D eigenvalue weighted by molar-refractivity contribution is 5.08. The summed E-state index contributed by atoms with van der Waals surface area (Å²) in [6.07, 6.45) is 6.73. The number of likely N-dealkylation sites (tertiary alicyclic amines) is 1. The van der Waals surface area contributed by atoms with Crippen LogP contribution >= 0.6 is 0 Å². The van der Waals surface area contributed by atoms with Crippen molar-refractivity contribution in [3.63, 3.8) is 0 Å². The first-order valence-corrected chi connectivity index (χ1v) is 7.01. The molecule has 2 aliphatic rings. The van der Waals surface area contributed by atoms with Crippen molar-refractivity contribution in [2.45, 2.75) is 58.4 Å². The third-order valence-corrected chi connectivity index (χ3v) is 5.46. The smallest absolute Gasteiger partial charge is 0.0382 e. The van der Waals surface area contributed by atoms with Crippen LogP contribution in [0.15, 0.2) is 0 Å². The van der Waals surface area contributed by atoms with E-state index in [0.29, 0.717) is 11.0 Å². The number of nitrogens with zero attached hydrogens (tertiary/aromatic N) is 1. The fourth-order valence-electron chi connectivity index (χ4n) is 4.04. The number of nitrogens with two attached hydrogens (primary N) is 1. The third kappa shape index (κ3) is 1.70. The van der Waals surface area contributed by atoms with Gasteiger partial charge in [0.1, 0.15) is 0 Å². The molecule has 1 saturated carbocycles. The largest absolute Gasteiger partial charge is 0.329 e. The van der Waals surface area contributed by atoms with Crippen molar-refractivity contribution in [1.29, 1.82) is 0 Å². The van der Waals surface area contributed by atoms with Crippen molar-refractivity contribution in [2.75, 3.05) is 19.6 Å². The average molecular weight is 224 g/mol. The summed E-state index contributed by atoms with van der Waals surface area (Å²) in [5.41, 5.74) is 6.88. The molecule has 1 aliphatic carbocycles. The Morgan fingerprint density at radius 3 is 2.50 bits per heavy atom. The zero-order valence-electron chi connectivity index (χ0n) is 11.3. The summed E-state index contributed by atoms with van der Waals surface area (Å²) in [6, 6.07) is 0. The normalized spacial score (nSPS) is 39.4. The molecule has 1 aliphatic heterocycles. The van der Waals surface area contributed by atoms with Crippen LogP contribution in [0.2, 0.25) is 0 Å². The van der Waals surface area contributed by atoms with Crippen molar-refractivity contribution in [2.24, 2.45) is 17.1 Å². The van der Waals surface area contributed by atoms with E-state index in [1.54, 1.807) is 0 Å². The first kappa shape index (κ1) is 12.4. The minimum Gasteiger partial charge on any atom is -0.329 e. The highest BCUT2D eigenvalue weighted by Crippen LogP contribution is 2.50. The summed E-state index contributed by atoms with van der Waals surface area (Å²) < 4.78 is 0. The quantitative estimate of drug-likeness (QED) is 0.798. The summed E-state index contributed by atoms with van der Waals surface area (Å²) in [4.78, 5) is 2.73. The van der Waals surface area contributed by atoms with Gasteiger partial charge in [0.2, 0.25) is 0 Å². The average Bonchev–Trinajstić information content (AvgIpc) is 2.82. The van der Waals surface area contributed by atoms with Crippen molar-refractivity contribution >= 4 is 0 Å². The molecule has 2 unspecified atom stereocenters. The van der Waals surface area contributed by atoms with Gasteiger partial charge in [-0.3, -0.25) is 4.90 Å². The molecular formula is C14H28N2. The topological polar surface area (TPSA) is 29.3 Å². The van der Waals surface area contributed by atoms with Crippen molar-refractivity contribution in [3.05, 3.63) is 0 Å². The van der Waals surface area contributed by atoms with Gasteiger partial charge in [0.15, 0.2) is 0 Å². The molecule has 94 valence electrons. The maximum atomic E-state index is 6.17. The fourth-order valence-corrected chi connectivity index (χ4v) is 4.04. The Hall–Kier alpha value is -0.0800. The first-order valence-electron chi connectivity index (χ1n) is 7.01. The molecular weight excluding hydrogens is 196 g/mol. The lowest BCUT2D eigenvalue weighted by Gasteiger charge is -2.48. The molecule has 0 radical (unpaired) electrons. The fraction of sp³-hybridized carbons (Fsp3) is 1.00. The Bertz CT molecular complexity index is 249. The highest BCUT2D eigenvalue weighted by Gasteiger charge is 2.52. The van der Waals surface area contributed by atoms with Crippen LogP contribution in [0.5, 0.6) is 0 Å². The van der Waals surface area contributed by atoms with Gasteiger partial charge >= 0.3 is 0 Å². The second kappa shape index (κ2) is 4.30. The number of hydrogen-bond acceptors (Lipinski definition) is 2. The van der Waals surface area contributed by atoms with Crippen molar-refractivity contribution in [1.82, 2.24) is 4.90 Å². The molecule has 2 atom stereocenters. The van der Waals surface area contributed by atoms with E-state index in [4.69, 9.17) is 5.73 Å². The van der Waals surface area contributed by atoms with E-state index in [1.165, 1.54) is 45.2 Å². The van der Waals surface area contributed by atoms with Gasteiger partial charge < -0.3 is 5.73 Å². The highest BCUT2D eigenvalue weighted by atomic mass is 15.2. The van der Waals surface area contributed by atoms with E-state index < -0.39 is 0 Å². The molecule has 0 amide bonds. The van der Waals surface area contributed by atoms with Crippen LogP contribution in [0.1, 0.15) is 52.9 Å². The molecule has 1 saturated heterocycles. The maximum Gasteiger partial charge on any atom is 0.0382 e. The molecule has 2 heteroatoms. The summed E-state index contributed by atoms with van der Waals surface area (Å²) >= 11 is 0. The van der Waals surface area contributed by atoms with E-state index in [0.717, 1.165) is 12.5 Å². The third-order valence-electron chi connectivity index (χ3n) is 5.46. The molecule has 0 bridgehead atoms. The van der Waals surface area contributed by atoms with E-state index in [-0.39, 0.29) is 0 Å². The van der Waals surface area contributed by atoms with Gasteiger partial charge in [-0.2, -0.15) is 0 Å². The molecule has 0 aromatic rings. The van der Waals surface area contributed by atoms with Crippen molar-refractivity contribution in [3.8, 4) is 0 Å². The van der Waals surface area contributed by atoms with Crippen LogP contribution in [-0.2, 0) is 0 Å².